The highest BCUT2D eigenvalue weighted by Crippen LogP contribution is 2.28. The first-order valence-corrected chi connectivity index (χ1v) is 11.0. The summed E-state index contributed by atoms with van der Waals surface area (Å²) in [6.07, 6.45) is -5.42. The third kappa shape index (κ3) is 4.97. The van der Waals surface area contributed by atoms with E-state index in [4.69, 9.17) is 0 Å². The number of rotatable bonds is 5. The number of β-amino-alcohol motifs (C(OH)–C–C–N with tert-alkyl or cyclic N) is 1. The van der Waals surface area contributed by atoms with Crippen LogP contribution in [0, 0.1) is 23.3 Å². The number of pyridine rings is 2. The molecule has 0 bridgehead atoms. The van der Waals surface area contributed by atoms with Gasteiger partial charge in [0, 0.05) is 31.4 Å². The zero-order valence-corrected chi connectivity index (χ0v) is 19.0. The fourth-order valence-electron chi connectivity index (χ4n) is 4.12. The average molecular weight is 532 g/mol. The van der Waals surface area contributed by atoms with Crippen molar-refractivity contribution in [2.45, 2.75) is 38.1 Å². The minimum atomic E-state index is -4.86. The number of aromatic nitrogens is 2. The lowest BCUT2D eigenvalue weighted by Crippen LogP contribution is -2.46. The van der Waals surface area contributed by atoms with E-state index in [0.29, 0.717) is 29.0 Å². The number of aliphatic hydroxyl groups is 1. The maximum absolute atomic E-state index is 15.0. The topological polar surface area (TPSA) is 87.5 Å². The molecule has 1 fully saturated rings. The highest BCUT2D eigenvalue weighted by molar-refractivity contribution is 5.97. The van der Waals surface area contributed by atoms with Crippen LogP contribution in [0.1, 0.15) is 30.1 Å². The van der Waals surface area contributed by atoms with E-state index in [-0.39, 0.29) is 25.3 Å². The number of alkyl halides is 3. The van der Waals surface area contributed by atoms with E-state index in [0.717, 1.165) is 6.92 Å². The van der Waals surface area contributed by atoms with Gasteiger partial charge < -0.3 is 15.3 Å². The molecule has 0 saturated carbocycles. The van der Waals surface area contributed by atoms with Crippen LogP contribution in [-0.2, 0) is 0 Å². The van der Waals surface area contributed by atoms with Gasteiger partial charge in [0.15, 0.2) is 28.9 Å². The molecule has 1 aliphatic heterocycles. The smallest absolute Gasteiger partial charge is 0.391 e. The van der Waals surface area contributed by atoms with Gasteiger partial charge in [-0.1, -0.05) is 6.92 Å². The van der Waals surface area contributed by atoms with Crippen LogP contribution in [0.15, 0.2) is 29.2 Å². The average Bonchev–Trinajstić information content (AvgIpc) is 3.23. The summed E-state index contributed by atoms with van der Waals surface area (Å²) in [7, 11) is 0. The number of hydrogen-bond donors (Lipinski definition) is 2. The predicted octanol–water partition coefficient (Wildman–Crippen LogP) is 3.58. The summed E-state index contributed by atoms with van der Waals surface area (Å²) in [5.41, 5.74) is -3.78. The molecule has 0 aliphatic carbocycles. The van der Waals surface area contributed by atoms with Crippen LogP contribution in [0.2, 0.25) is 0 Å². The fourth-order valence-corrected chi connectivity index (χ4v) is 4.12. The quantitative estimate of drug-likeness (QED) is 0.491. The second-order valence-electron chi connectivity index (χ2n) is 8.49. The summed E-state index contributed by atoms with van der Waals surface area (Å²) >= 11 is 0. The minimum Gasteiger partial charge on any atom is -0.391 e. The van der Waals surface area contributed by atoms with Crippen molar-refractivity contribution >= 4 is 22.8 Å². The molecule has 2 N–H and O–H groups in total. The Morgan fingerprint density at radius 2 is 1.81 bits per heavy atom. The number of nitrogens with one attached hydrogen (secondary N) is 1. The van der Waals surface area contributed by atoms with Crippen LogP contribution in [0.25, 0.3) is 16.7 Å². The van der Waals surface area contributed by atoms with Crippen LogP contribution in [-0.4, -0.2) is 52.0 Å². The number of hydrogen-bond acceptors (Lipinski definition) is 5. The molecular weight excluding hydrogens is 513 g/mol. The summed E-state index contributed by atoms with van der Waals surface area (Å²) < 4.78 is 98.2. The third-order valence-electron chi connectivity index (χ3n) is 5.95. The molecule has 2 atom stereocenters. The zero-order valence-electron chi connectivity index (χ0n) is 19.0. The zero-order chi connectivity index (χ0) is 27.2. The van der Waals surface area contributed by atoms with Gasteiger partial charge in [0.1, 0.15) is 23.1 Å². The Morgan fingerprint density at radius 3 is 2.35 bits per heavy atom. The van der Waals surface area contributed by atoms with Crippen LogP contribution in [0.4, 0.5) is 36.6 Å². The van der Waals surface area contributed by atoms with Gasteiger partial charge in [-0.3, -0.25) is 14.2 Å². The molecule has 7 nitrogen and oxygen atoms in total. The maximum Gasteiger partial charge on any atom is 0.408 e. The Hall–Kier alpha value is -3.68. The molecule has 0 spiro atoms. The number of carbonyl (C=O) groups excluding carboxylic acids is 1. The van der Waals surface area contributed by atoms with Gasteiger partial charge in [0.05, 0.1) is 11.5 Å². The summed E-state index contributed by atoms with van der Waals surface area (Å²) in [5.74, 6) is -7.24. The molecular formula is C23H19F7N4O3. The first kappa shape index (κ1) is 26.4. The Morgan fingerprint density at radius 1 is 1.16 bits per heavy atom. The molecule has 1 aromatic carbocycles. The molecule has 0 unspecified atom stereocenters. The van der Waals surface area contributed by atoms with Crippen LogP contribution in [0.3, 0.4) is 0 Å². The van der Waals surface area contributed by atoms with Crippen LogP contribution >= 0.6 is 0 Å². The molecule has 0 radical (unpaired) electrons. The summed E-state index contributed by atoms with van der Waals surface area (Å²) in [6.45, 7) is 1.27. The highest BCUT2D eigenvalue weighted by atomic mass is 19.4. The van der Waals surface area contributed by atoms with Gasteiger partial charge in [-0.2, -0.15) is 13.2 Å². The maximum atomic E-state index is 15.0. The van der Waals surface area contributed by atoms with Gasteiger partial charge >= 0.3 is 6.18 Å². The number of halogens is 7. The van der Waals surface area contributed by atoms with Gasteiger partial charge in [0.25, 0.3) is 5.91 Å². The van der Waals surface area contributed by atoms with E-state index in [9.17, 15) is 45.4 Å². The number of carbonyl (C=O) groups is 1. The number of fused-ring (bicyclic) bond motifs is 1. The Kier molecular flexibility index (Phi) is 6.88. The second-order valence-corrected chi connectivity index (χ2v) is 8.49. The molecule has 14 heteroatoms. The Balaban J connectivity index is 1.99. The Bertz CT molecular complexity index is 1420. The van der Waals surface area contributed by atoms with E-state index < -0.39 is 81.6 Å². The largest absolute Gasteiger partial charge is 0.408 e. The van der Waals surface area contributed by atoms with Crippen molar-refractivity contribution in [3.8, 4) is 5.69 Å². The third-order valence-corrected chi connectivity index (χ3v) is 5.95. The molecule has 37 heavy (non-hydrogen) atoms. The lowest BCUT2D eigenvalue weighted by atomic mass is 10.1. The summed E-state index contributed by atoms with van der Waals surface area (Å²) in [6, 6.07) is -1.10. The number of benzene rings is 1. The normalized spacial score (nSPS) is 16.9. The SMILES string of the molecule is CC[C@H](NC(=O)c1cn(-c2c(F)cc(F)cc2F)c2nc(N3CC[C@H](O)C3)c(F)cc2c1=O)C(F)(F)F. The van der Waals surface area contributed by atoms with Crippen molar-refractivity contribution in [3.05, 3.63) is 63.5 Å². The molecule has 198 valence electrons. The lowest BCUT2D eigenvalue weighted by Gasteiger charge is -2.21. The van der Waals surface area contributed by atoms with Crippen molar-refractivity contribution in [1.29, 1.82) is 0 Å². The number of aliphatic hydroxyl groups excluding tert-OH is 1. The van der Waals surface area contributed by atoms with Gasteiger partial charge in [-0.15, -0.1) is 0 Å². The standard InChI is InChI=1S/C23H19F7N4O3/c1-2-17(23(28,29)30)31-22(37)13-9-34(18-14(25)5-10(24)6-15(18)26)20-12(19(13)36)7-16(27)21(32-20)33-4-3-11(35)8-33/h5-7,9,11,17,35H,2-4,8H2,1H3,(H,31,37)/t11-,17-/m0/s1. The number of anilines is 1. The van der Waals surface area contributed by atoms with Crippen molar-refractivity contribution in [2.75, 3.05) is 18.0 Å². The van der Waals surface area contributed by atoms with Crippen molar-refractivity contribution < 1.29 is 40.6 Å². The van der Waals surface area contributed by atoms with Crippen molar-refractivity contribution in [3.63, 3.8) is 0 Å². The van der Waals surface area contributed by atoms with Crippen molar-refractivity contribution in [1.82, 2.24) is 14.9 Å². The van der Waals surface area contributed by atoms with Gasteiger partial charge in [0.2, 0.25) is 5.43 Å². The second kappa shape index (κ2) is 9.65. The lowest BCUT2D eigenvalue weighted by molar-refractivity contribution is -0.153. The Labute approximate surface area is 204 Å². The molecule has 1 saturated heterocycles. The molecule has 1 aliphatic rings. The first-order chi connectivity index (χ1) is 17.3. The summed E-state index contributed by atoms with van der Waals surface area (Å²) in [4.78, 5) is 31.1. The van der Waals surface area contributed by atoms with Gasteiger partial charge in [-0.05, 0) is 18.9 Å². The van der Waals surface area contributed by atoms with Crippen LogP contribution < -0.4 is 15.6 Å². The number of nitrogens with zero attached hydrogens (tertiary/aromatic N) is 3. The number of amides is 1. The van der Waals surface area contributed by atoms with Crippen LogP contribution in [0.5, 0.6) is 0 Å². The van der Waals surface area contributed by atoms with E-state index in [2.05, 4.69) is 4.98 Å². The van der Waals surface area contributed by atoms with E-state index in [1.54, 1.807) is 5.32 Å². The first-order valence-electron chi connectivity index (χ1n) is 11.0. The molecule has 4 rings (SSSR count). The van der Waals surface area contributed by atoms with Gasteiger partial charge in [-0.25, -0.2) is 22.5 Å². The predicted molar refractivity (Wildman–Crippen MR) is 118 cm³/mol. The van der Waals surface area contributed by atoms with E-state index >= 15 is 0 Å². The minimum absolute atomic E-state index is 0.0325. The highest BCUT2D eigenvalue weighted by Gasteiger charge is 2.40. The van der Waals surface area contributed by atoms with Crippen molar-refractivity contribution in [2.24, 2.45) is 0 Å². The van der Waals surface area contributed by atoms with E-state index in [1.807, 2.05) is 0 Å². The summed E-state index contributed by atoms with van der Waals surface area (Å²) in [5, 5.41) is 10.8. The molecule has 1 amide bonds. The monoisotopic (exact) mass is 532 g/mol. The van der Waals surface area contributed by atoms with E-state index in [1.165, 1.54) is 4.90 Å². The molecule has 3 heterocycles. The fraction of sp³-hybridized carbons (Fsp3) is 0.348. The molecule has 2 aromatic heterocycles. The molecule has 3 aromatic rings.